The number of aromatic nitrogens is 2. The highest BCUT2D eigenvalue weighted by atomic mass is 79.9. The number of amides is 1. The second kappa shape index (κ2) is 7.61. The summed E-state index contributed by atoms with van der Waals surface area (Å²) in [4.78, 5) is 12.7. The molecule has 1 heterocycles. The maximum absolute atomic E-state index is 12.7. The van der Waals surface area contributed by atoms with Crippen molar-refractivity contribution in [3.63, 3.8) is 0 Å². The smallest absolute Gasteiger partial charge is 0.257 e. The first-order valence-electron chi connectivity index (χ1n) is 7.87. The maximum atomic E-state index is 12.7. The zero-order valence-electron chi connectivity index (χ0n) is 14.6. The van der Waals surface area contributed by atoms with E-state index >= 15 is 0 Å². The lowest BCUT2D eigenvalue weighted by Crippen LogP contribution is -2.15. The van der Waals surface area contributed by atoms with Crippen molar-refractivity contribution >= 4 is 27.7 Å². The summed E-state index contributed by atoms with van der Waals surface area (Å²) in [7, 11) is 3.09. The summed E-state index contributed by atoms with van der Waals surface area (Å²) >= 11 is 3.45. The highest BCUT2D eigenvalue weighted by Gasteiger charge is 2.14. The average molecular weight is 416 g/mol. The highest BCUT2D eigenvalue weighted by molar-refractivity contribution is 9.10. The van der Waals surface area contributed by atoms with Crippen LogP contribution in [0.1, 0.15) is 16.1 Å². The molecule has 26 heavy (non-hydrogen) atoms. The fourth-order valence-corrected chi connectivity index (χ4v) is 2.91. The van der Waals surface area contributed by atoms with Crippen LogP contribution < -0.4 is 14.8 Å². The van der Waals surface area contributed by atoms with E-state index in [1.54, 1.807) is 37.1 Å². The maximum Gasteiger partial charge on any atom is 0.257 e. The van der Waals surface area contributed by atoms with Crippen LogP contribution in [0.4, 0.5) is 5.82 Å². The van der Waals surface area contributed by atoms with E-state index < -0.39 is 0 Å². The summed E-state index contributed by atoms with van der Waals surface area (Å²) in [6.45, 7) is 1.87. The molecule has 0 radical (unpaired) electrons. The quantitative estimate of drug-likeness (QED) is 0.677. The van der Waals surface area contributed by atoms with Crippen LogP contribution in [-0.4, -0.2) is 29.9 Å². The van der Waals surface area contributed by atoms with Crippen LogP contribution in [0.15, 0.2) is 53.0 Å². The van der Waals surface area contributed by atoms with Gasteiger partial charge in [0.25, 0.3) is 5.91 Å². The summed E-state index contributed by atoms with van der Waals surface area (Å²) < 4.78 is 13.1. The summed E-state index contributed by atoms with van der Waals surface area (Å²) in [6, 6.07) is 14.5. The van der Waals surface area contributed by atoms with Gasteiger partial charge in [-0.3, -0.25) is 4.79 Å². The molecule has 0 saturated carbocycles. The molecule has 0 atom stereocenters. The van der Waals surface area contributed by atoms with Crippen LogP contribution in [-0.2, 0) is 0 Å². The third-order valence-corrected chi connectivity index (χ3v) is 4.23. The van der Waals surface area contributed by atoms with Gasteiger partial charge < -0.3 is 14.8 Å². The molecule has 0 aliphatic carbocycles. The molecule has 0 aliphatic heterocycles. The Morgan fingerprint density at radius 1 is 1.08 bits per heavy atom. The van der Waals surface area contributed by atoms with E-state index in [1.807, 2.05) is 37.3 Å². The van der Waals surface area contributed by atoms with Crippen molar-refractivity contribution in [2.45, 2.75) is 6.92 Å². The fourth-order valence-electron chi connectivity index (χ4n) is 2.52. The van der Waals surface area contributed by atoms with E-state index in [9.17, 15) is 4.79 Å². The van der Waals surface area contributed by atoms with Gasteiger partial charge in [0, 0.05) is 22.2 Å². The normalized spacial score (nSPS) is 10.5. The third-order valence-electron chi connectivity index (χ3n) is 3.74. The minimum absolute atomic E-state index is 0.279. The van der Waals surface area contributed by atoms with Crippen molar-refractivity contribution in [3.05, 3.63) is 64.3 Å². The molecule has 6 nitrogen and oxygen atoms in total. The number of aryl methyl sites for hydroxylation is 1. The number of carbonyl (C=O) groups is 1. The number of anilines is 1. The average Bonchev–Trinajstić information content (AvgIpc) is 3.01. The number of halogens is 1. The van der Waals surface area contributed by atoms with E-state index in [4.69, 9.17) is 9.47 Å². The van der Waals surface area contributed by atoms with Crippen LogP contribution in [0.25, 0.3) is 5.69 Å². The summed E-state index contributed by atoms with van der Waals surface area (Å²) in [5, 5.41) is 7.37. The summed E-state index contributed by atoms with van der Waals surface area (Å²) in [5.41, 5.74) is 2.07. The number of nitrogens with one attached hydrogen (secondary N) is 1. The molecule has 3 aromatic rings. The molecule has 3 rings (SSSR count). The molecule has 134 valence electrons. The molecule has 1 N–H and O–H groups in total. The molecule has 0 unspecified atom stereocenters. The lowest BCUT2D eigenvalue weighted by Gasteiger charge is -2.11. The van der Waals surface area contributed by atoms with Gasteiger partial charge in [-0.2, -0.15) is 5.10 Å². The molecule has 1 amide bonds. The molecule has 0 fully saturated rings. The largest absolute Gasteiger partial charge is 0.497 e. The van der Waals surface area contributed by atoms with Gasteiger partial charge in [-0.15, -0.1) is 0 Å². The van der Waals surface area contributed by atoms with E-state index in [-0.39, 0.29) is 5.91 Å². The van der Waals surface area contributed by atoms with E-state index in [2.05, 4.69) is 26.3 Å². The lowest BCUT2D eigenvalue weighted by molar-refractivity contribution is 0.102. The SMILES string of the molecule is COc1cc(OC)cc(C(=O)Nc2cc(C)nn2-c2cccc(Br)c2)c1. The number of nitrogens with zero attached hydrogens (tertiary/aromatic N) is 2. The van der Waals surface area contributed by atoms with Crippen LogP contribution in [0.3, 0.4) is 0 Å². The lowest BCUT2D eigenvalue weighted by atomic mass is 10.2. The standard InChI is InChI=1S/C19H18BrN3O3/c1-12-7-18(23(22-12)15-6-4-5-14(20)10-15)21-19(24)13-8-16(25-2)11-17(9-13)26-3/h4-11H,1-3H3,(H,21,24). The minimum atomic E-state index is -0.279. The van der Waals surface area contributed by atoms with Crippen molar-refractivity contribution in [1.82, 2.24) is 9.78 Å². The number of methoxy groups -OCH3 is 2. The van der Waals surface area contributed by atoms with Crippen LogP contribution >= 0.6 is 15.9 Å². The second-order valence-corrected chi connectivity index (χ2v) is 6.53. The Hall–Kier alpha value is -2.80. The topological polar surface area (TPSA) is 65.4 Å². The van der Waals surface area contributed by atoms with Gasteiger partial charge in [-0.1, -0.05) is 22.0 Å². The Labute approximate surface area is 159 Å². The first-order chi connectivity index (χ1) is 12.5. The molecular formula is C19H18BrN3O3. The highest BCUT2D eigenvalue weighted by Crippen LogP contribution is 2.24. The van der Waals surface area contributed by atoms with Crippen molar-refractivity contribution in [1.29, 1.82) is 0 Å². The van der Waals surface area contributed by atoms with Gasteiger partial charge in [-0.05, 0) is 37.3 Å². The van der Waals surface area contributed by atoms with E-state index in [1.165, 1.54) is 0 Å². The number of carbonyl (C=O) groups excluding carboxylic acids is 1. The number of benzene rings is 2. The second-order valence-electron chi connectivity index (χ2n) is 5.62. The minimum Gasteiger partial charge on any atom is -0.497 e. The Morgan fingerprint density at radius 2 is 1.77 bits per heavy atom. The monoisotopic (exact) mass is 415 g/mol. The van der Waals surface area contributed by atoms with Crippen LogP contribution in [0.2, 0.25) is 0 Å². The van der Waals surface area contributed by atoms with Gasteiger partial charge in [0.15, 0.2) is 0 Å². The number of ether oxygens (including phenoxy) is 2. The molecule has 0 spiro atoms. The number of rotatable bonds is 5. The van der Waals surface area contributed by atoms with Gasteiger partial charge in [0.05, 0.1) is 25.6 Å². The molecule has 7 heteroatoms. The van der Waals surface area contributed by atoms with Gasteiger partial charge >= 0.3 is 0 Å². The Balaban J connectivity index is 1.93. The Bertz CT molecular complexity index is 931. The van der Waals surface area contributed by atoms with Gasteiger partial charge in [0.2, 0.25) is 0 Å². The molecule has 1 aromatic heterocycles. The molecule has 0 aliphatic rings. The van der Waals surface area contributed by atoms with Crippen molar-refractivity contribution in [3.8, 4) is 17.2 Å². The molecule has 0 saturated heterocycles. The van der Waals surface area contributed by atoms with Crippen LogP contribution in [0, 0.1) is 6.92 Å². The molecular weight excluding hydrogens is 398 g/mol. The fraction of sp³-hybridized carbons (Fsp3) is 0.158. The predicted octanol–water partition coefficient (Wildman–Crippen LogP) is 4.21. The van der Waals surface area contributed by atoms with E-state index in [0.29, 0.717) is 22.9 Å². The number of hydrogen-bond acceptors (Lipinski definition) is 4. The van der Waals surface area contributed by atoms with Gasteiger partial charge in [-0.25, -0.2) is 4.68 Å². The summed E-state index contributed by atoms with van der Waals surface area (Å²) in [6.07, 6.45) is 0. The predicted molar refractivity (Wildman–Crippen MR) is 104 cm³/mol. The van der Waals surface area contributed by atoms with E-state index in [0.717, 1.165) is 15.9 Å². The zero-order valence-corrected chi connectivity index (χ0v) is 16.2. The molecule has 2 aromatic carbocycles. The first kappa shape index (κ1) is 18.0. The van der Waals surface area contributed by atoms with Gasteiger partial charge in [0.1, 0.15) is 17.3 Å². The third kappa shape index (κ3) is 3.88. The first-order valence-corrected chi connectivity index (χ1v) is 8.66. The van der Waals surface area contributed by atoms with Crippen LogP contribution in [0.5, 0.6) is 11.5 Å². The number of hydrogen-bond donors (Lipinski definition) is 1. The van der Waals surface area contributed by atoms with Crippen molar-refractivity contribution in [2.75, 3.05) is 19.5 Å². The summed E-state index contributed by atoms with van der Waals surface area (Å²) in [5.74, 6) is 1.39. The Morgan fingerprint density at radius 3 is 2.38 bits per heavy atom. The zero-order chi connectivity index (χ0) is 18.7. The molecule has 0 bridgehead atoms. The Kier molecular flexibility index (Phi) is 5.27. The van der Waals surface area contributed by atoms with Crippen molar-refractivity contribution < 1.29 is 14.3 Å². The van der Waals surface area contributed by atoms with Crippen molar-refractivity contribution in [2.24, 2.45) is 0 Å².